The third kappa shape index (κ3) is 4.28. The largest absolute Gasteiger partial charge is 0.809 e. The van der Waals surface area contributed by atoms with Crippen LogP contribution < -0.4 is 0 Å². The number of rotatable bonds is 2. The number of hydroxylamine groups is 2. The maximum atomic E-state index is 11.2. The van der Waals surface area contributed by atoms with E-state index in [-0.39, 0.29) is 13.1 Å². The second-order valence-electron chi connectivity index (χ2n) is 3.36. The first-order chi connectivity index (χ1) is 6.97. The Morgan fingerprint density at radius 3 is 2.13 bits per heavy atom. The van der Waals surface area contributed by atoms with Crippen molar-refractivity contribution in [3.05, 3.63) is 0 Å². The van der Waals surface area contributed by atoms with Crippen molar-refractivity contribution >= 4 is 19.3 Å². The first-order valence-electron chi connectivity index (χ1n) is 4.39. The van der Waals surface area contributed by atoms with Crippen molar-refractivity contribution in [2.75, 3.05) is 34.2 Å². The number of carbonyl (C=O) groups is 2. The molecule has 0 amide bonds. The van der Waals surface area contributed by atoms with Gasteiger partial charge in [-0.2, -0.15) is 0 Å². The number of hydrogen-bond donors (Lipinski definition) is 0. The zero-order valence-electron chi connectivity index (χ0n) is 8.93. The van der Waals surface area contributed by atoms with Gasteiger partial charge in [-0.3, -0.25) is 19.2 Å². The molecule has 0 aromatic heterocycles. The number of carbonyl (C=O) groups excluding carboxylic acids is 2. The van der Waals surface area contributed by atoms with Gasteiger partial charge in [0, 0.05) is 14.1 Å². The molecule has 0 radical (unpaired) electrons. The van der Waals surface area contributed by atoms with Crippen molar-refractivity contribution in [2.45, 2.75) is 0 Å². The number of nitrogens with zero attached hydrogens (tertiary/aromatic N) is 2. The molecule has 1 aliphatic rings. The normalized spacial score (nSPS) is 19.6. The molecule has 0 spiro atoms. The maximum Gasteiger partial charge on any atom is 0.809 e. The molecule has 1 aliphatic heterocycles. The fourth-order valence-electron chi connectivity index (χ4n) is 1.03. The van der Waals surface area contributed by atoms with Gasteiger partial charge in [-0.25, -0.2) is 5.06 Å². The molecule has 0 atom stereocenters. The van der Waals surface area contributed by atoms with Crippen LogP contribution in [0.4, 0.5) is 0 Å². The lowest BCUT2D eigenvalue weighted by molar-refractivity contribution is -0.155. The molecule has 0 aromatic rings. The van der Waals surface area contributed by atoms with Crippen LogP contribution in [0, 0.1) is 0 Å². The van der Waals surface area contributed by atoms with E-state index in [1.807, 2.05) is 0 Å². The van der Waals surface area contributed by atoms with E-state index in [0.29, 0.717) is 0 Å². The Hall–Kier alpha value is -1.12. The van der Waals surface area contributed by atoms with Crippen molar-refractivity contribution in [3.63, 3.8) is 0 Å². The molecule has 0 aliphatic carbocycles. The van der Waals surface area contributed by atoms with Crippen molar-refractivity contribution in [3.8, 4) is 0 Å². The van der Waals surface area contributed by atoms with Crippen LogP contribution in [0.3, 0.4) is 0 Å². The monoisotopic (exact) mass is 216 g/mol. The maximum absolute atomic E-state index is 11.2. The number of hydrogen-bond acceptors (Lipinski definition) is 7. The predicted octanol–water partition coefficient (Wildman–Crippen LogP) is -1.50. The lowest BCUT2D eigenvalue weighted by Gasteiger charge is -2.22. The van der Waals surface area contributed by atoms with Crippen LogP contribution in [0.1, 0.15) is 0 Å². The van der Waals surface area contributed by atoms with Crippen LogP contribution in [-0.2, 0) is 23.7 Å². The van der Waals surface area contributed by atoms with Crippen molar-refractivity contribution in [2.24, 2.45) is 0 Å². The van der Waals surface area contributed by atoms with Crippen molar-refractivity contribution in [1.82, 2.24) is 9.96 Å². The zero-order chi connectivity index (χ0) is 11.4. The van der Waals surface area contributed by atoms with E-state index in [9.17, 15) is 9.59 Å². The third-order valence-electron chi connectivity index (χ3n) is 1.55. The molecule has 1 rings (SSSR count). The van der Waals surface area contributed by atoms with Gasteiger partial charge in [0.25, 0.3) is 0 Å². The van der Waals surface area contributed by atoms with Gasteiger partial charge < -0.3 is 9.31 Å². The molecule has 0 saturated carbocycles. The van der Waals surface area contributed by atoms with E-state index in [1.54, 1.807) is 21.1 Å². The van der Waals surface area contributed by atoms with Crippen molar-refractivity contribution < 1.29 is 23.7 Å². The molecule has 1 fully saturated rings. The number of likely N-dealkylation sites (N-methyl/N-ethyl adjacent to an activating group) is 1. The highest BCUT2D eigenvalue weighted by Gasteiger charge is 2.35. The highest BCUT2D eigenvalue weighted by Crippen LogP contribution is 2.01. The first-order valence-corrected chi connectivity index (χ1v) is 4.39. The third-order valence-corrected chi connectivity index (χ3v) is 1.55. The summed E-state index contributed by atoms with van der Waals surface area (Å²) in [4.78, 5) is 23.9. The van der Waals surface area contributed by atoms with E-state index in [4.69, 9.17) is 14.1 Å². The van der Waals surface area contributed by atoms with Gasteiger partial charge >= 0.3 is 19.3 Å². The summed E-state index contributed by atoms with van der Waals surface area (Å²) in [6, 6.07) is 0. The fraction of sp³-hybridized carbons (Fsp3) is 0.714. The van der Waals surface area contributed by atoms with Gasteiger partial charge in [0.1, 0.15) is 0 Å². The van der Waals surface area contributed by atoms with Crippen LogP contribution in [0.15, 0.2) is 0 Å². The summed E-state index contributed by atoms with van der Waals surface area (Å²) in [6.45, 7) is 0.0603. The Labute approximate surface area is 88.0 Å². The highest BCUT2D eigenvalue weighted by atomic mass is 16.8. The highest BCUT2D eigenvalue weighted by molar-refractivity contribution is 6.41. The average Bonchev–Trinajstić information content (AvgIpc) is 1.98. The zero-order valence-corrected chi connectivity index (χ0v) is 8.93. The molecular formula is C7H13BN2O5. The van der Waals surface area contributed by atoms with Gasteiger partial charge in [0.05, 0.1) is 13.1 Å². The lowest BCUT2D eigenvalue weighted by Crippen LogP contribution is -2.45. The topological polar surface area (TPSA) is 68.3 Å². The van der Waals surface area contributed by atoms with Gasteiger partial charge in [-0.1, -0.05) is 0 Å². The van der Waals surface area contributed by atoms with Crippen LogP contribution in [0.2, 0.25) is 0 Å². The SMILES string of the molecule is CN1CC(=O)OB(ON(C)C)OC(=O)C1. The molecular weight excluding hydrogens is 203 g/mol. The molecule has 1 heterocycles. The lowest BCUT2D eigenvalue weighted by atomic mass is 10.2. The molecule has 84 valence electrons. The molecule has 0 N–H and O–H groups in total. The molecule has 7 nitrogen and oxygen atoms in total. The van der Waals surface area contributed by atoms with Crippen LogP contribution in [-0.4, -0.2) is 63.5 Å². The van der Waals surface area contributed by atoms with E-state index in [2.05, 4.69) is 0 Å². The summed E-state index contributed by atoms with van der Waals surface area (Å²) in [5.41, 5.74) is 0. The Balaban J connectivity index is 2.58. The Kier molecular flexibility index (Phi) is 4.07. The van der Waals surface area contributed by atoms with E-state index >= 15 is 0 Å². The predicted molar refractivity (Wildman–Crippen MR) is 50.2 cm³/mol. The van der Waals surface area contributed by atoms with Gasteiger partial charge in [-0.05, 0) is 7.05 Å². The van der Waals surface area contributed by atoms with Crippen LogP contribution in [0.5, 0.6) is 0 Å². The summed E-state index contributed by atoms with van der Waals surface area (Å²) in [7, 11) is 3.50. The molecule has 0 unspecified atom stereocenters. The molecule has 0 aromatic carbocycles. The molecule has 1 saturated heterocycles. The average molecular weight is 216 g/mol. The summed E-state index contributed by atoms with van der Waals surface area (Å²) in [6.07, 6.45) is 0. The summed E-state index contributed by atoms with van der Waals surface area (Å²) in [5, 5.41) is 1.29. The summed E-state index contributed by atoms with van der Waals surface area (Å²) >= 11 is 0. The Morgan fingerprint density at radius 1 is 1.27 bits per heavy atom. The van der Waals surface area contributed by atoms with E-state index in [1.165, 1.54) is 9.96 Å². The molecule has 0 bridgehead atoms. The first kappa shape index (κ1) is 12.0. The minimum absolute atomic E-state index is 0.0301. The second-order valence-corrected chi connectivity index (χ2v) is 3.36. The summed E-state index contributed by atoms with van der Waals surface area (Å²) < 4.78 is 14.4. The fourth-order valence-corrected chi connectivity index (χ4v) is 1.03. The molecule has 8 heteroatoms. The Bertz CT molecular complexity index is 240. The minimum Gasteiger partial charge on any atom is -0.472 e. The second kappa shape index (κ2) is 5.10. The van der Waals surface area contributed by atoms with Gasteiger partial charge in [0.15, 0.2) is 0 Å². The van der Waals surface area contributed by atoms with Crippen molar-refractivity contribution in [1.29, 1.82) is 0 Å². The van der Waals surface area contributed by atoms with Gasteiger partial charge in [0.2, 0.25) is 0 Å². The van der Waals surface area contributed by atoms with Crippen LogP contribution >= 0.6 is 0 Å². The summed E-state index contributed by atoms with van der Waals surface area (Å²) in [5.74, 6) is -1.01. The Morgan fingerprint density at radius 2 is 1.73 bits per heavy atom. The quantitative estimate of drug-likeness (QED) is 0.410. The van der Waals surface area contributed by atoms with E-state index in [0.717, 1.165) is 0 Å². The molecule has 15 heavy (non-hydrogen) atoms. The van der Waals surface area contributed by atoms with Crippen LogP contribution in [0.25, 0.3) is 0 Å². The van der Waals surface area contributed by atoms with E-state index < -0.39 is 19.3 Å². The standard InChI is InChI=1S/C7H13BN2O5/c1-9(2)15-8-13-6(11)4-10(3)5-7(12)14-8/h4-5H2,1-3H3. The van der Waals surface area contributed by atoms with Gasteiger partial charge in [-0.15, -0.1) is 0 Å². The smallest absolute Gasteiger partial charge is 0.472 e. The minimum atomic E-state index is -1.30.